The van der Waals surface area contributed by atoms with E-state index in [1.807, 2.05) is 0 Å². The maximum Gasteiger partial charge on any atom is 0.322 e. The maximum absolute atomic E-state index is 12.6. The summed E-state index contributed by atoms with van der Waals surface area (Å²) in [6, 6.07) is 2.74. The third-order valence-corrected chi connectivity index (χ3v) is 4.29. The number of halogens is 1. The first kappa shape index (κ1) is 19.3. The number of hydroxylamine groups is 2. The minimum absolute atomic E-state index is 0.245. The number of benzene rings is 1. The summed E-state index contributed by atoms with van der Waals surface area (Å²) in [5, 5.41) is 4.73. The predicted molar refractivity (Wildman–Crippen MR) is 92.4 cm³/mol. The molecule has 0 radical (unpaired) electrons. The zero-order valence-corrected chi connectivity index (χ0v) is 15.1. The van der Waals surface area contributed by atoms with Gasteiger partial charge in [-0.2, -0.15) is 0 Å². The van der Waals surface area contributed by atoms with Gasteiger partial charge in [-0.15, -0.1) is 5.06 Å². The molecule has 8 nitrogen and oxygen atoms in total. The lowest BCUT2D eigenvalue weighted by atomic mass is 10.0. The van der Waals surface area contributed by atoms with Gasteiger partial charge >= 0.3 is 5.97 Å². The van der Waals surface area contributed by atoms with Gasteiger partial charge in [0.25, 0.3) is 5.91 Å². The number of nitrogens with one attached hydrogen (secondary N) is 1. The lowest BCUT2D eigenvalue weighted by Crippen LogP contribution is -2.55. The lowest BCUT2D eigenvalue weighted by molar-refractivity contribution is -0.203. The maximum atomic E-state index is 12.6. The molecule has 1 saturated heterocycles. The van der Waals surface area contributed by atoms with Crippen molar-refractivity contribution in [3.8, 4) is 5.75 Å². The van der Waals surface area contributed by atoms with Gasteiger partial charge in [-0.05, 0) is 12.5 Å². The number of anilines is 1. The fourth-order valence-electron chi connectivity index (χ4n) is 2.72. The van der Waals surface area contributed by atoms with Gasteiger partial charge in [0.1, 0.15) is 5.75 Å². The quantitative estimate of drug-likeness (QED) is 0.750. The summed E-state index contributed by atoms with van der Waals surface area (Å²) in [7, 11) is 3.00. The van der Waals surface area contributed by atoms with Gasteiger partial charge < -0.3 is 25.4 Å². The van der Waals surface area contributed by atoms with Crippen LogP contribution in [0.4, 0.5) is 5.69 Å². The molecular formula is C16H22ClN3O5. The van der Waals surface area contributed by atoms with Crippen molar-refractivity contribution in [3.63, 3.8) is 0 Å². The molecule has 0 spiro atoms. The lowest BCUT2D eigenvalue weighted by Gasteiger charge is -2.36. The van der Waals surface area contributed by atoms with E-state index in [2.05, 4.69) is 5.32 Å². The van der Waals surface area contributed by atoms with Gasteiger partial charge in [0.15, 0.2) is 0 Å². The van der Waals surface area contributed by atoms with E-state index in [-0.39, 0.29) is 23.1 Å². The summed E-state index contributed by atoms with van der Waals surface area (Å²) in [6.07, 6.45) is 0.232. The second-order valence-corrected chi connectivity index (χ2v) is 6.09. The van der Waals surface area contributed by atoms with Crippen molar-refractivity contribution in [2.24, 2.45) is 0 Å². The monoisotopic (exact) mass is 371 g/mol. The number of ether oxygens (including phenoxy) is 2. The van der Waals surface area contributed by atoms with E-state index in [0.717, 1.165) is 0 Å². The van der Waals surface area contributed by atoms with Crippen LogP contribution in [0.25, 0.3) is 0 Å². The molecule has 25 heavy (non-hydrogen) atoms. The summed E-state index contributed by atoms with van der Waals surface area (Å²) in [4.78, 5) is 28.8. The Morgan fingerprint density at radius 3 is 2.68 bits per heavy atom. The molecule has 0 saturated carbocycles. The summed E-state index contributed by atoms with van der Waals surface area (Å²) in [5.74, 6) is -0.393. The van der Waals surface area contributed by atoms with E-state index in [0.29, 0.717) is 36.5 Å². The summed E-state index contributed by atoms with van der Waals surface area (Å²) in [6.45, 7) is 2.19. The molecule has 0 bridgehead atoms. The highest BCUT2D eigenvalue weighted by Gasteiger charge is 2.32. The topological polar surface area (TPSA) is 103 Å². The van der Waals surface area contributed by atoms with E-state index in [9.17, 15) is 9.59 Å². The molecule has 0 aliphatic carbocycles. The first-order valence-electron chi connectivity index (χ1n) is 7.75. The number of carbonyl (C=O) groups is 2. The highest BCUT2D eigenvalue weighted by atomic mass is 35.5. The number of nitrogen functional groups attached to an aromatic ring is 1. The normalized spacial score (nSPS) is 20.8. The molecule has 0 aromatic heterocycles. The van der Waals surface area contributed by atoms with Crippen molar-refractivity contribution in [1.82, 2.24) is 10.4 Å². The van der Waals surface area contributed by atoms with Crippen molar-refractivity contribution in [2.75, 3.05) is 33.0 Å². The largest absolute Gasteiger partial charge is 0.496 e. The number of nitrogens with zero attached hydrogens (tertiary/aromatic N) is 1. The first-order chi connectivity index (χ1) is 11.8. The standard InChI is InChI=1S/C16H22ClN3O5/c1-9(21)25-20-5-4-13(15(8-20)24-3)19-16(22)10-6-11(17)12(18)7-14(10)23-2/h6-7,13,15H,4-5,8,18H2,1-3H3,(H,19,22). The molecule has 2 unspecified atom stereocenters. The Labute approximate surface area is 151 Å². The van der Waals surface area contributed by atoms with Crippen molar-refractivity contribution in [1.29, 1.82) is 0 Å². The molecule has 2 rings (SSSR count). The van der Waals surface area contributed by atoms with Crippen molar-refractivity contribution < 1.29 is 23.9 Å². The van der Waals surface area contributed by atoms with E-state index < -0.39 is 5.97 Å². The van der Waals surface area contributed by atoms with Crippen LogP contribution >= 0.6 is 11.6 Å². The van der Waals surface area contributed by atoms with Crippen LogP contribution in [0.15, 0.2) is 12.1 Å². The Kier molecular flexibility index (Phi) is 6.46. The molecule has 3 N–H and O–H groups in total. The van der Waals surface area contributed by atoms with E-state index in [1.54, 1.807) is 7.11 Å². The number of amides is 1. The molecule has 1 aromatic carbocycles. The summed E-state index contributed by atoms with van der Waals surface area (Å²) in [5.41, 5.74) is 6.36. The van der Waals surface area contributed by atoms with Gasteiger partial charge in [-0.1, -0.05) is 11.6 Å². The molecule has 138 valence electrons. The Hall–Kier alpha value is -2.03. The predicted octanol–water partition coefficient (Wildman–Crippen LogP) is 1.23. The van der Waals surface area contributed by atoms with Gasteiger partial charge in [0, 0.05) is 26.6 Å². The minimum Gasteiger partial charge on any atom is -0.496 e. The molecular weight excluding hydrogens is 350 g/mol. The Balaban J connectivity index is 2.10. The van der Waals surface area contributed by atoms with Crippen molar-refractivity contribution in [2.45, 2.75) is 25.5 Å². The average Bonchev–Trinajstić information content (AvgIpc) is 2.57. The molecule has 1 amide bonds. The van der Waals surface area contributed by atoms with E-state index in [1.165, 1.54) is 31.2 Å². The van der Waals surface area contributed by atoms with Crippen LogP contribution in [0.5, 0.6) is 5.75 Å². The van der Waals surface area contributed by atoms with Crippen LogP contribution in [0.3, 0.4) is 0 Å². The zero-order chi connectivity index (χ0) is 18.6. The molecule has 1 aromatic rings. The second kappa shape index (κ2) is 8.37. The highest BCUT2D eigenvalue weighted by molar-refractivity contribution is 6.33. The molecule has 1 heterocycles. The van der Waals surface area contributed by atoms with E-state index in [4.69, 9.17) is 31.6 Å². The summed E-state index contributed by atoms with van der Waals surface area (Å²) < 4.78 is 10.6. The molecule has 9 heteroatoms. The summed E-state index contributed by atoms with van der Waals surface area (Å²) >= 11 is 6.01. The van der Waals surface area contributed by atoms with Crippen LogP contribution in [0.1, 0.15) is 23.7 Å². The average molecular weight is 372 g/mol. The SMILES string of the molecule is COc1cc(N)c(Cl)cc1C(=O)NC1CCN(OC(C)=O)CC1OC. The molecule has 1 fully saturated rings. The van der Waals surface area contributed by atoms with Crippen LogP contribution in [-0.2, 0) is 14.4 Å². The van der Waals surface area contributed by atoms with Gasteiger partial charge in [-0.25, -0.2) is 0 Å². The Morgan fingerprint density at radius 1 is 1.36 bits per heavy atom. The third-order valence-electron chi connectivity index (χ3n) is 3.96. The Morgan fingerprint density at radius 2 is 2.08 bits per heavy atom. The fraction of sp³-hybridized carbons (Fsp3) is 0.500. The van der Waals surface area contributed by atoms with Crippen LogP contribution in [0.2, 0.25) is 5.02 Å². The molecule has 2 atom stereocenters. The smallest absolute Gasteiger partial charge is 0.322 e. The first-order valence-corrected chi connectivity index (χ1v) is 8.13. The number of methoxy groups -OCH3 is 2. The number of hydrogen-bond acceptors (Lipinski definition) is 7. The fourth-order valence-corrected chi connectivity index (χ4v) is 2.88. The van der Waals surface area contributed by atoms with Crippen molar-refractivity contribution >= 4 is 29.2 Å². The molecule has 1 aliphatic rings. The number of carbonyl (C=O) groups excluding carboxylic acids is 2. The zero-order valence-electron chi connectivity index (χ0n) is 14.4. The van der Waals surface area contributed by atoms with Gasteiger partial charge in [0.2, 0.25) is 0 Å². The van der Waals surface area contributed by atoms with Gasteiger partial charge in [-0.3, -0.25) is 9.59 Å². The second-order valence-electron chi connectivity index (χ2n) is 5.69. The number of nitrogens with two attached hydrogens (primary N) is 1. The molecule has 1 aliphatic heterocycles. The number of rotatable bonds is 5. The third kappa shape index (κ3) is 4.75. The van der Waals surface area contributed by atoms with Crippen LogP contribution in [0, 0.1) is 0 Å². The Bertz CT molecular complexity index is 655. The van der Waals surface area contributed by atoms with Crippen molar-refractivity contribution in [3.05, 3.63) is 22.7 Å². The van der Waals surface area contributed by atoms with E-state index >= 15 is 0 Å². The highest BCUT2D eigenvalue weighted by Crippen LogP contribution is 2.29. The van der Waals surface area contributed by atoms with Crippen LogP contribution < -0.4 is 15.8 Å². The number of piperidine rings is 1. The number of hydrogen-bond donors (Lipinski definition) is 2. The minimum atomic E-state index is -0.390. The van der Waals surface area contributed by atoms with Crippen LogP contribution in [-0.4, -0.2) is 56.4 Å². The van der Waals surface area contributed by atoms with Gasteiger partial charge in [0.05, 0.1) is 42.1 Å².